The van der Waals surface area contributed by atoms with Gasteiger partial charge in [0.1, 0.15) is 17.4 Å². The van der Waals surface area contributed by atoms with Crippen molar-refractivity contribution in [1.29, 1.82) is 0 Å². The summed E-state index contributed by atoms with van der Waals surface area (Å²) in [6, 6.07) is 5.72. The molecule has 0 radical (unpaired) electrons. The van der Waals surface area contributed by atoms with Gasteiger partial charge in [-0.2, -0.15) is 0 Å². The number of benzene rings is 1. The van der Waals surface area contributed by atoms with Crippen molar-refractivity contribution in [3.05, 3.63) is 53.7 Å². The maximum absolute atomic E-state index is 12.9. The van der Waals surface area contributed by atoms with Crippen LogP contribution < -0.4 is 10.5 Å². The van der Waals surface area contributed by atoms with Crippen molar-refractivity contribution in [3.63, 3.8) is 0 Å². The van der Waals surface area contributed by atoms with E-state index < -0.39 is 11.6 Å². The Morgan fingerprint density at radius 1 is 1.21 bits per heavy atom. The monoisotopic (exact) mass is 265 g/mol. The predicted octanol–water partition coefficient (Wildman–Crippen LogP) is 2.25. The van der Waals surface area contributed by atoms with Gasteiger partial charge in [0.05, 0.1) is 0 Å². The van der Waals surface area contributed by atoms with Gasteiger partial charge in [0.15, 0.2) is 5.84 Å². The first kappa shape index (κ1) is 12.7. The zero-order chi connectivity index (χ0) is 13.8. The fraction of sp³-hybridized carbons (Fsp3) is 0. The molecule has 98 valence electrons. The van der Waals surface area contributed by atoms with Crippen molar-refractivity contribution >= 4 is 5.84 Å². The number of rotatable bonds is 3. The molecule has 0 fully saturated rings. The molecule has 0 unspecified atom stereocenters. The van der Waals surface area contributed by atoms with Gasteiger partial charge in [-0.25, -0.2) is 13.8 Å². The molecule has 3 N–H and O–H groups in total. The minimum Gasteiger partial charge on any atom is -0.439 e. The Bertz CT molecular complexity index is 595. The Hall–Kier alpha value is -2.70. The fourth-order valence-electron chi connectivity index (χ4n) is 1.36. The van der Waals surface area contributed by atoms with Gasteiger partial charge < -0.3 is 15.7 Å². The number of nitrogens with zero attached hydrogens (tertiary/aromatic N) is 2. The molecule has 0 aliphatic heterocycles. The number of amidine groups is 1. The molecule has 1 aromatic carbocycles. The lowest BCUT2D eigenvalue weighted by atomic mass is 10.2. The average Bonchev–Trinajstić information content (AvgIpc) is 2.37. The Kier molecular flexibility index (Phi) is 3.56. The minimum atomic E-state index is -0.747. The molecule has 2 aromatic rings. The van der Waals surface area contributed by atoms with Crippen LogP contribution in [0.15, 0.2) is 41.7 Å². The first-order valence-electron chi connectivity index (χ1n) is 5.16. The van der Waals surface area contributed by atoms with Crippen LogP contribution in [0.25, 0.3) is 0 Å². The van der Waals surface area contributed by atoms with E-state index in [9.17, 15) is 8.78 Å². The first-order valence-corrected chi connectivity index (χ1v) is 5.16. The maximum Gasteiger partial charge on any atom is 0.219 e. The third kappa shape index (κ3) is 3.15. The summed E-state index contributed by atoms with van der Waals surface area (Å²) in [6.07, 6.45) is 1.31. The normalized spacial score (nSPS) is 11.4. The van der Waals surface area contributed by atoms with Crippen LogP contribution in [0.2, 0.25) is 0 Å². The summed E-state index contributed by atoms with van der Waals surface area (Å²) < 4.78 is 31.1. The maximum atomic E-state index is 12.9. The molecular weight excluding hydrogens is 256 g/mol. The van der Waals surface area contributed by atoms with Gasteiger partial charge >= 0.3 is 0 Å². The van der Waals surface area contributed by atoms with E-state index >= 15 is 0 Å². The van der Waals surface area contributed by atoms with E-state index in [2.05, 4.69) is 10.1 Å². The summed E-state index contributed by atoms with van der Waals surface area (Å²) in [5.74, 6) is -1.48. The molecule has 0 bridgehead atoms. The summed E-state index contributed by atoms with van der Waals surface area (Å²) >= 11 is 0. The van der Waals surface area contributed by atoms with Crippen LogP contribution in [0, 0.1) is 11.6 Å². The van der Waals surface area contributed by atoms with Crippen LogP contribution in [0.3, 0.4) is 0 Å². The summed E-state index contributed by atoms with van der Waals surface area (Å²) in [5, 5.41) is 11.3. The molecule has 0 saturated heterocycles. The van der Waals surface area contributed by atoms with E-state index in [0.29, 0.717) is 5.56 Å². The highest BCUT2D eigenvalue weighted by molar-refractivity contribution is 5.96. The van der Waals surface area contributed by atoms with Crippen molar-refractivity contribution in [2.75, 3.05) is 0 Å². The third-order valence-electron chi connectivity index (χ3n) is 2.20. The third-order valence-corrected chi connectivity index (χ3v) is 2.20. The molecule has 5 nitrogen and oxygen atoms in total. The lowest BCUT2D eigenvalue weighted by Crippen LogP contribution is -2.13. The fourth-order valence-corrected chi connectivity index (χ4v) is 1.36. The van der Waals surface area contributed by atoms with Gasteiger partial charge in [-0.1, -0.05) is 5.16 Å². The van der Waals surface area contributed by atoms with E-state index in [4.69, 9.17) is 15.7 Å². The minimum absolute atomic E-state index is 0.0125. The highest BCUT2D eigenvalue weighted by atomic mass is 19.1. The lowest BCUT2D eigenvalue weighted by Gasteiger charge is -2.05. The number of halogens is 2. The SMILES string of the molecule is NC(=NO)c1ccc(Oc2cc(F)cc(F)c2)nc1. The zero-order valence-corrected chi connectivity index (χ0v) is 9.55. The number of hydrogen-bond acceptors (Lipinski definition) is 4. The van der Waals surface area contributed by atoms with Crippen LogP contribution >= 0.6 is 0 Å². The van der Waals surface area contributed by atoms with Gasteiger partial charge in [0, 0.05) is 36.0 Å². The molecule has 0 aliphatic carbocycles. The average molecular weight is 265 g/mol. The molecule has 7 heteroatoms. The van der Waals surface area contributed by atoms with Gasteiger partial charge in [-0.05, 0) is 6.07 Å². The van der Waals surface area contributed by atoms with Crippen molar-refractivity contribution in [3.8, 4) is 11.6 Å². The molecular formula is C12H9F2N3O2. The van der Waals surface area contributed by atoms with Crippen molar-refractivity contribution < 1.29 is 18.7 Å². The van der Waals surface area contributed by atoms with E-state index in [1.54, 1.807) is 0 Å². The van der Waals surface area contributed by atoms with Gasteiger partial charge in [0.2, 0.25) is 5.88 Å². The molecule has 1 aromatic heterocycles. The van der Waals surface area contributed by atoms with Crippen molar-refractivity contribution in [2.45, 2.75) is 0 Å². The van der Waals surface area contributed by atoms with Gasteiger partial charge in [-0.15, -0.1) is 0 Å². The van der Waals surface area contributed by atoms with E-state index in [1.807, 2.05) is 0 Å². The Balaban J connectivity index is 2.19. The quantitative estimate of drug-likeness (QED) is 0.386. The molecule has 0 spiro atoms. The van der Waals surface area contributed by atoms with Crippen LogP contribution in [0.1, 0.15) is 5.56 Å². The lowest BCUT2D eigenvalue weighted by molar-refractivity contribution is 0.318. The molecule has 19 heavy (non-hydrogen) atoms. The predicted molar refractivity (Wildman–Crippen MR) is 63.2 cm³/mol. The molecule has 0 atom stereocenters. The van der Waals surface area contributed by atoms with Gasteiger partial charge in [0.25, 0.3) is 0 Å². The zero-order valence-electron chi connectivity index (χ0n) is 9.55. The molecule has 0 aliphatic rings. The summed E-state index contributed by atoms with van der Waals surface area (Å²) in [5.41, 5.74) is 5.75. The number of hydrogen-bond donors (Lipinski definition) is 2. The molecule has 1 heterocycles. The van der Waals surface area contributed by atoms with E-state index in [-0.39, 0.29) is 17.5 Å². The van der Waals surface area contributed by atoms with Crippen LogP contribution in [-0.4, -0.2) is 16.0 Å². The molecule has 2 rings (SSSR count). The number of ether oxygens (including phenoxy) is 1. The van der Waals surface area contributed by atoms with Crippen LogP contribution in [0.4, 0.5) is 8.78 Å². The second kappa shape index (κ2) is 5.30. The van der Waals surface area contributed by atoms with Gasteiger partial charge in [-0.3, -0.25) is 0 Å². The van der Waals surface area contributed by atoms with E-state index in [1.165, 1.54) is 18.3 Å². The number of aromatic nitrogens is 1. The summed E-state index contributed by atoms with van der Waals surface area (Å²) in [6.45, 7) is 0. The molecule has 0 amide bonds. The Morgan fingerprint density at radius 3 is 2.42 bits per heavy atom. The largest absolute Gasteiger partial charge is 0.439 e. The number of oxime groups is 1. The Morgan fingerprint density at radius 2 is 1.89 bits per heavy atom. The topological polar surface area (TPSA) is 80.7 Å². The smallest absolute Gasteiger partial charge is 0.219 e. The first-order chi connectivity index (χ1) is 9.08. The second-order valence-electron chi connectivity index (χ2n) is 3.58. The van der Waals surface area contributed by atoms with E-state index in [0.717, 1.165) is 18.2 Å². The molecule has 0 saturated carbocycles. The number of nitrogens with two attached hydrogens (primary N) is 1. The summed E-state index contributed by atoms with van der Waals surface area (Å²) in [7, 11) is 0. The standard InChI is InChI=1S/C12H9F2N3O2/c13-8-3-9(14)5-10(4-8)19-11-2-1-7(6-16-11)12(15)17-18/h1-6,18H,(H2,15,17). The highest BCUT2D eigenvalue weighted by Crippen LogP contribution is 2.21. The van der Waals surface area contributed by atoms with Crippen LogP contribution in [-0.2, 0) is 0 Å². The summed E-state index contributed by atoms with van der Waals surface area (Å²) in [4.78, 5) is 3.86. The number of pyridine rings is 1. The second-order valence-corrected chi connectivity index (χ2v) is 3.58. The highest BCUT2D eigenvalue weighted by Gasteiger charge is 2.05. The van der Waals surface area contributed by atoms with Crippen LogP contribution in [0.5, 0.6) is 11.6 Å². The van der Waals surface area contributed by atoms with Crippen molar-refractivity contribution in [2.24, 2.45) is 10.9 Å². The Labute approximate surface area is 107 Å². The van der Waals surface area contributed by atoms with Crippen molar-refractivity contribution in [1.82, 2.24) is 4.98 Å².